The van der Waals surface area contributed by atoms with E-state index in [1.54, 1.807) is 6.07 Å². The molecule has 1 nitrogen and oxygen atoms in total. The van der Waals surface area contributed by atoms with Crippen molar-refractivity contribution in [3.8, 4) is 5.75 Å². The minimum absolute atomic E-state index is 0.338. The quantitative estimate of drug-likeness (QED) is 0.829. The molecule has 1 atom stereocenters. The zero-order valence-corrected chi connectivity index (χ0v) is 12.0. The molecule has 0 fully saturated rings. The lowest BCUT2D eigenvalue weighted by molar-refractivity contribution is 0.474. The molecule has 0 saturated heterocycles. The number of aryl methyl sites for hydroxylation is 1. The highest BCUT2D eigenvalue weighted by molar-refractivity contribution is 9.09. The number of rotatable bonds is 4. The number of phenolic OH excluding ortho intramolecular Hbond substituents is 1. The summed E-state index contributed by atoms with van der Waals surface area (Å²) in [4.78, 5) is 0. The minimum atomic E-state index is 0.338. The smallest absolute Gasteiger partial charge is 0.115 e. The second-order valence-corrected chi connectivity index (χ2v) is 5.28. The van der Waals surface area contributed by atoms with Gasteiger partial charge in [0.2, 0.25) is 0 Å². The van der Waals surface area contributed by atoms with Gasteiger partial charge in [-0.2, -0.15) is 0 Å². The number of hydrogen-bond donors (Lipinski definition) is 1. The number of hydrogen-bond acceptors (Lipinski definition) is 1. The molecule has 2 heteroatoms. The summed E-state index contributed by atoms with van der Waals surface area (Å²) in [5.74, 6) is 0.775. The van der Waals surface area contributed by atoms with Gasteiger partial charge in [0.15, 0.2) is 0 Å². The van der Waals surface area contributed by atoms with Gasteiger partial charge in [0.1, 0.15) is 5.75 Å². The fraction of sp³-hybridized carbons (Fsp3) is 0.250. The second-order valence-electron chi connectivity index (χ2n) is 4.64. The third-order valence-corrected chi connectivity index (χ3v) is 3.91. The van der Waals surface area contributed by atoms with E-state index in [1.807, 2.05) is 12.1 Å². The highest BCUT2D eigenvalue weighted by atomic mass is 79.9. The fourth-order valence-electron chi connectivity index (χ4n) is 2.07. The zero-order valence-electron chi connectivity index (χ0n) is 10.4. The van der Waals surface area contributed by atoms with Crippen molar-refractivity contribution in [1.82, 2.24) is 0 Å². The van der Waals surface area contributed by atoms with Gasteiger partial charge in [-0.25, -0.2) is 0 Å². The standard InChI is InChI=1S/C16H17BrO/c1-12-5-7-14(8-6-12)15(11-17)9-13-3-2-4-16(18)10-13/h2-8,10,15,18H,9,11H2,1H3. The molecule has 0 aliphatic carbocycles. The topological polar surface area (TPSA) is 20.2 Å². The Balaban J connectivity index is 2.17. The molecule has 2 aromatic rings. The van der Waals surface area contributed by atoms with Crippen molar-refractivity contribution in [3.63, 3.8) is 0 Å². The summed E-state index contributed by atoms with van der Waals surface area (Å²) in [6.45, 7) is 2.10. The van der Waals surface area contributed by atoms with E-state index in [2.05, 4.69) is 53.2 Å². The largest absolute Gasteiger partial charge is 0.508 e. The van der Waals surface area contributed by atoms with Gasteiger partial charge in [-0.3, -0.25) is 0 Å². The Hall–Kier alpha value is -1.28. The van der Waals surface area contributed by atoms with E-state index in [9.17, 15) is 5.11 Å². The summed E-state index contributed by atoms with van der Waals surface area (Å²) in [7, 11) is 0. The molecule has 0 bridgehead atoms. The number of halogens is 1. The molecule has 0 aliphatic rings. The minimum Gasteiger partial charge on any atom is -0.508 e. The zero-order chi connectivity index (χ0) is 13.0. The van der Waals surface area contributed by atoms with E-state index in [-0.39, 0.29) is 0 Å². The van der Waals surface area contributed by atoms with Gasteiger partial charge in [0, 0.05) is 5.33 Å². The van der Waals surface area contributed by atoms with Crippen molar-refractivity contribution in [2.45, 2.75) is 19.3 Å². The summed E-state index contributed by atoms with van der Waals surface area (Å²) in [5, 5.41) is 10.4. The van der Waals surface area contributed by atoms with Crippen LogP contribution in [-0.2, 0) is 6.42 Å². The fourth-order valence-corrected chi connectivity index (χ4v) is 2.67. The monoisotopic (exact) mass is 304 g/mol. The van der Waals surface area contributed by atoms with Gasteiger partial charge in [-0.05, 0) is 42.5 Å². The molecule has 0 heterocycles. The maximum Gasteiger partial charge on any atom is 0.115 e. The van der Waals surface area contributed by atoms with Gasteiger partial charge in [0.25, 0.3) is 0 Å². The van der Waals surface area contributed by atoms with Crippen LogP contribution in [0, 0.1) is 6.92 Å². The first-order valence-electron chi connectivity index (χ1n) is 6.09. The van der Waals surface area contributed by atoms with Crippen molar-refractivity contribution in [1.29, 1.82) is 0 Å². The number of phenols is 1. The summed E-state index contributed by atoms with van der Waals surface area (Å²) in [5.41, 5.74) is 3.78. The van der Waals surface area contributed by atoms with Crippen LogP contribution in [0.3, 0.4) is 0 Å². The maximum atomic E-state index is 9.49. The van der Waals surface area contributed by atoms with E-state index < -0.39 is 0 Å². The molecule has 0 spiro atoms. The molecule has 94 valence electrons. The predicted octanol–water partition coefficient (Wildman–Crippen LogP) is 4.42. The van der Waals surface area contributed by atoms with E-state index in [0.717, 1.165) is 11.8 Å². The lowest BCUT2D eigenvalue weighted by Gasteiger charge is -2.15. The second kappa shape index (κ2) is 6.05. The lowest BCUT2D eigenvalue weighted by Crippen LogP contribution is -2.04. The van der Waals surface area contributed by atoms with Crippen LogP contribution in [0.2, 0.25) is 0 Å². The highest BCUT2D eigenvalue weighted by Crippen LogP contribution is 2.24. The molecule has 0 aromatic heterocycles. The van der Waals surface area contributed by atoms with E-state index >= 15 is 0 Å². The molecule has 18 heavy (non-hydrogen) atoms. The van der Waals surface area contributed by atoms with Crippen LogP contribution in [0.15, 0.2) is 48.5 Å². The Morgan fingerprint density at radius 2 is 1.83 bits per heavy atom. The number of aromatic hydroxyl groups is 1. The Morgan fingerprint density at radius 3 is 2.44 bits per heavy atom. The molecule has 2 aromatic carbocycles. The van der Waals surface area contributed by atoms with Crippen LogP contribution in [0.25, 0.3) is 0 Å². The molecule has 2 rings (SSSR count). The molecule has 1 unspecified atom stereocenters. The molecule has 0 aliphatic heterocycles. The number of benzene rings is 2. The average molecular weight is 305 g/mol. The third-order valence-electron chi connectivity index (χ3n) is 3.13. The van der Waals surface area contributed by atoms with Crippen molar-refractivity contribution in [3.05, 3.63) is 65.2 Å². The van der Waals surface area contributed by atoms with Gasteiger partial charge >= 0.3 is 0 Å². The Labute approximate surface area is 117 Å². The average Bonchev–Trinajstić information content (AvgIpc) is 2.37. The molecule has 0 saturated carbocycles. The summed E-state index contributed by atoms with van der Waals surface area (Å²) < 4.78 is 0. The lowest BCUT2D eigenvalue weighted by atomic mass is 9.93. The van der Waals surface area contributed by atoms with Crippen LogP contribution in [-0.4, -0.2) is 10.4 Å². The molecular weight excluding hydrogens is 288 g/mol. The van der Waals surface area contributed by atoms with Crippen molar-refractivity contribution >= 4 is 15.9 Å². The summed E-state index contributed by atoms with van der Waals surface area (Å²) in [6, 6.07) is 16.2. The third kappa shape index (κ3) is 3.36. The maximum absolute atomic E-state index is 9.49. The first kappa shape index (κ1) is 13.2. The van der Waals surface area contributed by atoms with Crippen molar-refractivity contribution in [2.24, 2.45) is 0 Å². The molecular formula is C16H17BrO. The van der Waals surface area contributed by atoms with Crippen LogP contribution >= 0.6 is 15.9 Å². The van der Waals surface area contributed by atoms with Crippen LogP contribution in [0.4, 0.5) is 0 Å². The number of alkyl halides is 1. The Kier molecular flexibility index (Phi) is 4.43. The van der Waals surface area contributed by atoms with Gasteiger partial charge < -0.3 is 5.11 Å². The van der Waals surface area contributed by atoms with Gasteiger partial charge in [-0.15, -0.1) is 0 Å². The Bertz CT molecular complexity index is 505. The van der Waals surface area contributed by atoms with E-state index in [0.29, 0.717) is 11.7 Å². The van der Waals surface area contributed by atoms with Crippen LogP contribution < -0.4 is 0 Å². The Morgan fingerprint density at radius 1 is 1.11 bits per heavy atom. The van der Waals surface area contributed by atoms with Gasteiger partial charge in [-0.1, -0.05) is 57.9 Å². The normalized spacial score (nSPS) is 12.3. The molecule has 0 amide bonds. The van der Waals surface area contributed by atoms with E-state index in [4.69, 9.17) is 0 Å². The summed E-state index contributed by atoms with van der Waals surface area (Å²) >= 11 is 3.58. The predicted molar refractivity (Wildman–Crippen MR) is 79.5 cm³/mol. The molecule has 0 radical (unpaired) electrons. The first-order chi connectivity index (χ1) is 8.69. The SMILES string of the molecule is Cc1ccc(C(CBr)Cc2cccc(O)c2)cc1. The highest BCUT2D eigenvalue weighted by Gasteiger charge is 2.11. The molecule has 1 N–H and O–H groups in total. The van der Waals surface area contributed by atoms with E-state index in [1.165, 1.54) is 16.7 Å². The summed E-state index contributed by atoms with van der Waals surface area (Å²) in [6.07, 6.45) is 0.933. The van der Waals surface area contributed by atoms with Crippen LogP contribution in [0.5, 0.6) is 5.75 Å². The van der Waals surface area contributed by atoms with Gasteiger partial charge in [0.05, 0.1) is 0 Å². The van der Waals surface area contributed by atoms with Crippen molar-refractivity contribution < 1.29 is 5.11 Å². The van der Waals surface area contributed by atoms with Crippen LogP contribution in [0.1, 0.15) is 22.6 Å². The van der Waals surface area contributed by atoms with Crippen molar-refractivity contribution in [2.75, 3.05) is 5.33 Å². The first-order valence-corrected chi connectivity index (χ1v) is 7.21.